The van der Waals surface area contributed by atoms with Crippen molar-refractivity contribution in [2.45, 2.75) is 78.7 Å². The molecule has 3 aromatic rings. The lowest BCUT2D eigenvalue weighted by atomic mass is 9.92. The van der Waals surface area contributed by atoms with E-state index in [1.54, 1.807) is 6.20 Å². The molecule has 5 heteroatoms. The molecular weight excluding hydrogens is 408 g/mol. The van der Waals surface area contributed by atoms with Crippen LogP contribution >= 0.6 is 0 Å². The minimum Gasteiger partial charge on any atom is -0.307 e. The largest absolute Gasteiger partial charge is 0.326 e. The van der Waals surface area contributed by atoms with Gasteiger partial charge in [0.05, 0.1) is 12.2 Å². The second-order valence-corrected chi connectivity index (χ2v) is 9.62. The maximum absolute atomic E-state index is 14.0. The molecule has 2 aromatic carbocycles. The zero-order valence-electron chi connectivity index (χ0n) is 21.0. The van der Waals surface area contributed by atoms with Gasteiger partial charge in [0.2, 0.25) is 0 Å². The number of aromatic nitrogens is 2. The molecule has 5 nitrogen and oxygen atoms in total. The number of aromatic amines is 1. The van der Waals surface area contributed by atoms with Crippen molar-refractivity contribution in [3.63, 3.8) is 0 Å². The average Bonchev–Trinajstić information content (AvgIpc) is 3.31. The van der Waals surface area contributed by atoms with E-state index in [4.69, 9.17) is 0 Å². The van der Waals surface area contributed by atoms with Crippen LogP contribution in [-0.2, 0) is 0 Å². The van der Waals surface area contributed by atoms with Gasteiger partial charge in [-0.15, -0.1) is 0 Å². The summed E-state index contributed by atoms with van der Waals surface area (Å²) in [5.41, 5.74) is 6.35. The molecule has 0 spiro atoms. The van der Waals surface area contributed by atoms with Crippen LogP contribution in [0.1, 0.15) is 101 Å². The van der Waals surface area contributed by atoms with E-state index >= 15 is 0 Å². The maximum Gasteiger partial charge on any atom is 0.326 e. The standard InChI is InChI=1S/C28H38N4O/c1-8-26(22-16-29-30-17-22)32(23-14-12-21(13-15-23)18(2)3)28(33)31-27-24(19(4)5)10-9-11-25(27)20(6)7/h9-20,26H,8H2,1-7H3,(H,29,30)(H,31,33). The second kappa shape index (κ2) is 10.7. The molecule has 1 heterocycles. The van der Waals surface area contributed by atoms with Gasteiger partial charge in [0.1, 0.15) is 0 Å². The molecule has 1 aromatic heterocycles. The summed E-state index contributed by atoms with van der Waals surface area (Å²) in [6, 6.07) is 14.4. The Hall–Kier alpha value is -3.08. The van der Waals surface area contributed by atoms with Gasteiger partial charge in [-0.25, -0.2) is 4.79 Å². The Morgan fingerprint density at radius 3 is 1.97 bits per heavy atom. The van der Waals surface area contributed by atoms with E-state index in [-0.39, 0.29) is 12.1 Å². The van der Waals surface area contributed by atoms with Crippen molar-refractivity contribution in [2.24, 2.45) is 0 Å². The SMILES string of the molecule is CCC(c1cn[nH]c1)N(C(=O)Nc1c(C(C)C)cccc1C(C)C)c1ccc(C(C)C)cc1. The van der Waals surface area contributed by atoms with Crippen LogP contribution < -0.4 is 10.2 Å². The summed E-state index contributed by atoms with van der Waals surface area (Å²) in [5.74, 6) is 1.03. The van der Waals surface area contributed by atoms with E-state index in [0.29, 0.717) is 17.8 Å². The fourth-order valence-electron chi connectivity index (χ4n) is 4.33. The molecule has 0 bridgehead atoms. The Bertz CT molecular complexity index is 1010. The third-order valence-corrected chi connectivity index (χ3v) is 6.26. The molecule has 1 atom stereocenters. The van der Waals surface area contributed by atoms with Crippen LogP contribution in [-0.4, -0.2) is 16.2 Å². The smallest absolute Gasteiger partial charge is 0.307 e. The topological polar surface area (TPSA) is 61.0 Å². The highest BCUT2D eigenvalue weighted by Crippen LogP contribution is 2.35. The van der Waals surface area contributed by atoms with E-state index in [1.807, 2.05) is 11.1 Å². The summed E-state index contributed by atoms with van der Waals surface area (Å²) in [7, 11) is 0. The van der Waals surface area contributed by atoms with Crippen molar-refractivity contribution in [3.05, 3.63) is 77.1 Å². The summed E-state index contributed by atoms with van der Waals surface area (Å²) in [5, 5.41) is 10.4. The van der Waals surface area contributed by atoms with Crippen molar-refractivity contribution in [2.75, 3.05) is 10.2 Å². The number of urea groups is 1. The molecule has 0 fully saturated rings. The Morgan fingerprint density at radius 2 is 1.52 bits per heavy atom. The van der Waals surface area contributed by atoms with Gasteiger partial charge >= 0.3 is 6.03 Å². The lowest BCUT2D eigenvalue weighted by Crippen LogP contribution is -2.38. The number of benzene rings is 2. The Labute approximate surface area is 198 Å². The van der Waals surface area contributed by atoms with E-state index in [2.05, 4.69) is 106 Å². The van der Waals surface area contributed by atoms with Crippen LogP contribution in [0.3, 0.4) is 0 Å². The number of nitrogens with zero attached hydrogens (tertiary/aromatic N) is 2. The maximum atomic E-state index is 14.0. The molecule has 3 rings (SSSR count). The molecule has 0 aliphatic rings. The van der Waals surface area contributed by atoms with Crippen molar-refractivity contribution in [1.82, 2.24) is 10.2 Å². The van der Waals surface area contributed by atoms with Crippen LogP contribution in [0.5, 0.6) is 0 Å². The average molecular weight is 447 g/mol. The normalized spacial score (nSPS) is 12.4. The predicted molar refractivity (Wildman–Crippen MR) is 138 cm³/mol. The molecule has 2 N–H and O–H groups in total. The van der Waals surface area contributed by atoms with Gasteiger partial charge in [-0.05, 0) is 53.0 Å². The van der Waals surface area contributed by atoms with Gasteiger partial charge in [-0.1, -0.05) is 78.8 Å². The third-order valence-electron chi connectivity index (χ3n) is 6.26. The van der Waals surface area contributed by atoms with Crippen LogP contribution in [0.15, 0.2) is 54.9 Å². The number of nitrogens with one attached hydrogen (secondary N) is 2. The quantitative estimate of drug-likeness (QED) is 0.368. The molecule has 2 amide bonds. The molecule has 0 saturated heterocycles. The van der Waals surface area contributed by atoms with Gasteiger partial charge in [0.25, 0.3) is 0 Å². The highest BCUT2D eigenvalue weighted by Gasteiger charge is 2.28. The molecule has 1 unspecified atom stereocenters. The summed E-state index contributed by atoms with van der Waals surface area (Å²) in [4.78, 5) is 15.8. The summed E-state index contributed by atoms with van der Waals surface area (Å²) in [6.45, 7) is 15.1. The zero-order valence-corrected chi connectivity index (χ0v) is 21.0. The van der Waals surface area contributed by atoms with Crippen LogP contribution in [0.2, 0.25) is 0 Å². The highest BCUT2D eigenvalue weighted by atomic mass is 16.2. The summed E-state index contributed by atoms with van der Waals surface area (Å²) in [6.07, 6.45) is 4.44. The van der Waals surface area contributed by atoms with Crippen molar-refractivity contribution < 1.29 is 4.79 Å². The Kier molecular flexibility index (Phi) is 7.96. The minimum absolute atomic E-state index is 0.129. The summed E-state index contributed by atoms with van der Waals surface area (Å²) >= 11 is 0. The number of hydrogen-bond donors (Lipinski definition) is 2. The number of amides is 2. The first-order chi connectivity index (χ1) is 15.7. The van der Waals surface area contributed by atoms with Gasteiger partial charge in [-0.3, -0.25) is 10.00 Å². The fourth-order valence-corrected chi connectivity index (χ4v) is 4.33. The number of rotatable bonds is 8. The first-order valence-electron chi connectivity index (χ1n) is 12.1. The molecule has 0 aliphatic heterocycles. The molecular formula is C28H38N4O. The molecule has 0 radical (unpaired) electrons. The summed E-state index contributed by atoms with van der Waals surface area (Å²) < 4.78 is 0. The van der Waals surface area contributed by atoms with Crippen molar-refractivity contribution in [1.29, 1.82) is 0 Å². The first kappa shape index (κ1) is 24.6. The van der Waals surface area contributed by atoms with Crippen molar-refractivity contribution >= 4 is 17.4 Å². The third kappa shape index (κ3) is 5.47. The Balaban J connectivity index is 2.07. The highest BCUT2D eigenvalue weighted by molar-refractivity contribution is 6.03. The lowest BCUT2D eigenvalue weighted by Gasteiger charge is -2.32. The lowest BCUT2D eigenvalue weighted by molar-refractivity contribution is 0.254. The van der Waals surface area contributed by atoms with Crippen molar-refractivity contribution in [3.8, 4) is 0 Å². The monoisotopic (exact) mass is 446 g/mol. The predicted octanol–water partition coefficient (Wildman–Crippen LogP) is 7.97. The van der Waals surface area contributed by atoms with Gasteiger partial charge in [0.15, 0.2) is 0 Å². The van der Waals surface area contributed by atoms with Crippen LogP contribution in [0.4, 0.5) is 16.2 Å². The molecule has 0 aliphatic carbocycles. The number of anilines is 2. The number of hydrogen-bond acceptors (Lipinski definition) is 2. The molecule has 0 saturated carbocycles. The fraction of sp³-hybridized carbons (Fsp3) is 0.429. The number of carbonyl (C=O) groups is 1. The van der Waals surface area contributed by atoms with E-state index < -0.39 is 0 Å². The molecule has 176 valence electrons. The first-order valence-corrected chi connectivity index (χ1v) is 12.1. The van der Waals surface area contributed by atoms with Gasteiger partial charge in [-0.2, -0.15) is 5.10 Å². The molecule has 33 heavy (non-hydrogen) atoms. The second-order valence-electron chi connectivity index (χ2n) is 9.62. The number of para-hydroxylation sites is 1. The number of H-pyrrole nitrogens is 1. The van der Waals surface area contributed by atoms with Gasteiger partial charge < -0.3 is 5.32 Å². The van der Waals surface area contributed by atoms with Gasteiger partial charge in [0, 0.05) is 23.1 Å². The van der Waals surface area contributed by atoms with Crippen LogP contribution in [0, 0.1) is 0 Å². The zero-order chi connectivity index (χ0) is 24.1. The van der Waals surface area contributed by atoms with E-state index in [0.717, 1.165) is 34.5 Å². The van der Waals surface area contributed by atoms with E-state index in [9.17, 15) is 4.79 Å². The Morgan fingerprint density at radius 1 is 0.909 bits per heavy atom. The van der Waals surface area contributed by atoms with Crippen LogP contribution in [0.25, 0.3) is 0 Å². The minimum atomic E-state index is -0.137. The number of carbonyl (C=O) groups excluding carboxylic acids is 1. The van der Waals surface area contributed by atoms with E-state index in [1.165, 1.54) is 5.56 Å².